The molecule has 3 N–H and O–H groups in total. The van der Waals surface area contributed by atoms with Gasteiger partial charge in [-0.3, -0.25) is 0 Å². The zero-order chi connectivity index (χ0) is 13.2. The molecule has 2 atom stereocenters. The van der Waals surface area contributed by atoms with E-state index in [2.05, 4.69) is 0 Å². The normalized spacial score (nSPS) is 14.8. The van der Waals surface area contributed by atoms with Crippen molar-refractivity contribution in [2.45, 2.75) is 31.7 Å². The number of halogens is 5. The molecule has 104 valence electrons. The summed E-state index contributed by atoms with van der Waals surface area (Å²) in [5.41, 5.74) is 4.93. The second-order valence-electron chi connectivity index (χ2n) is 3.74. The molecule has 1 rings (SSSR count). The fourth-order valence-corrected chi connectivity index (χ4v) is 1.67. The Kier molecular flexibility index (Phi) is 6.43. The van der Waals surface area contributed by atoms with Gasteiger partial charge in [0, 0.05) is 0 Å². The molecule has 0 fully saturated rings. The molecule has 0 heterocycles. The largest absolute Gasteiger partial charge is 0.417 e. The van der Waals surface area contributed by atoms with Crippen molar-refractivity contribution in [3.63, 3.8) is 0 Å². The van der Waals surface area contributed by atoms with E-state index in [-0.39, 0.29) is 23.0 Å². The van der Waals surface area contributed by atoms with E-state index in [1.165, 1.54) is 6.07 Å². The Hall–Kier alpha value is -0.490. The Balaban J connectivity index is 0.00000289. The monoisotopic (exact) mass is 303 g/mol. The van der Waals surface area contributed by atoms with Gasteiger partial charge in [-0.25, -0.2) is 0 Å². The summed E-state index contributed by atoms with van der Waals surface area (Å²) in [6.45, 7) is 1.70. The highest BCUT2D eigenvalue weighted by atomic mass is 35.5. The van der Waals surface area contributed by atoms with E-state index in [0.717, 1.165) is 12.1 Å². The molecule has 0 saturated carbocycles. The molecule has 0 bridgehead atoms. The molecule has 0 unspecified atom stereocenters. The molecule has 0 aromatic heterocycles. The lowest BCUT2D eigenvalue weighted by atomic mass is 9.98. The summed E-state index contributed by atoms with van der Waals surface area (Å²) >= 11 is 5.48. The zero-order valence-electron chi connectivity index (χ0n) is 9.54. The Morgan fingerprint density at radius 2 is 1.94 bits per heavy atom. The van der Waals surface area contributed by atoms with Crippen molar-refractivity contribution in [3.05, 3.63) is 34.3 Å². The predicted molar refractivity (Wildman–Crippen MR) is 66.9 cm³/mol. The van der Waals surface area contributed by atoms with Gasteiger partial charge in [0.15, 0.2) is 0 Å². The van der Waals surface area contributed by atoms with Crippen LogP contribution in [0.2, 0.25) is 5.02 Å². The quantitative estimate of drug-likeness (QED) is 0.897. The van der Waals surface area contributed by atoms with E-state index >= 15 is 0 Å². The van der Waals surface area contributed by atoms with Crippen molar-refractivity contribution < 1.29 is 18.3 Å². The van der Waals surface area contributed by atoms with Crippen LogP contribution < -0.4 is 5.73 Å². The smallest absolute Gasteiger partial charge is 0.391 e. The third-order valence-electron chi connectivity index (χ3n) is 2.51. The summed E-state index contributed by atoms with van der Waals surface area (Å²) < 4.78 is 37.8. The highest BCUT2D eigenvalue weighted by Gasteiger charge is 2.34. The first kappa shape index (κ1) is 17.5. The second-order valence-corrected chi connectivity index (χ2v) is 4.15. The van der Waals surface area contributed by atoms with Crippen molar-refractivity contribution in [2.24, 2.45) is 5.73 Å². The van der Waals surface area contributed by atoms with Gasteiger partial charge in [0.05, 0.1) is 22.7 Å². The van der Waals surface area contributed by atoms with Crippen LogP contribution in [0.5, 0.6) is 0 Å². The van der Waals surface area contributed by atoms with Gasteiger partial charge in [-0.2, -0.15) is 13.2 Å². The van der Waals surface area contributed by atoms with E-state index in [4.69, 9.17) is 17.3 Å². The minimum absolute atomic E-state index is 0. The number of benzene rings is 1. The van der Waals surface area contributed by atoms with Crippen LogP contribution in [0.15, 0.2) is 18.2 Å². The number of aliphatic hydroxyl groups excluding tert-OH is 1. The number of nitrogens with two attached hydrogens (primary N) is 1. The third-order valence-corrected chi connectivity index (χ3v) is 2.84. The Morgan fingerprint density at radius 1 is 1.39 bits per heavy atom. The molecule has 7 heteroatoms. The van der Waals surface area contributed by atoms with Gasteiger partial charge in [0.2, 0.25) is 0 Å². The molecule has 0 aliphatic heterocycles. The van der Waals surface area contributed by atoms with Crippen LogP contribution in [0.4, 0.5) is 13.2 Å². The van der Waals surface area contributed by atoms with Crippen LogP contribution in [0.25, 0.3) is 0 Å². The fraction of sp³-hybridized carbons (Fsp3) is 0.455. The van der Waals surface area contributed by atoms with Crippen molar-refractivity contribution in [2.75, 3.05) is 0 Å². The molecule has 0 aliphatic carbocycles. The van der Waals surface area contributed by atoms with Crippen molar-refractivity contribution in [3.8, 4) is 0 Å². The van der Waals surface area contributed by atoms with Crippen LogP contribution in [-0.4, -0.2) is 11.2 Å². The maximum absolute atomic E-state index is 12.6. The molecular formula is C11H14Cl2F3NO. The molecule has 0 spiro atoms. The number of alkyl halides is 3. The standard InChI is InChI=1S/C11H13ClF3NO.ClH/c1-2-9(17)10(16)6-3-4-8(12)7(5-6)11(13,14)15;/h3-5,9-10,17H,2,16H2,1H3;1H/t9-,10+;/m1./s1. The first-order valence-electron chi connectivity index (χ1n) is 5.07. The number of rotatable bonds is 3. The van der Waals surface area contributed by atoms with Gasteiger partial charge in [0.1, 0.15) is 0 Å². The lowest BCUT2D eigenvalue weighted by molar-refractivity contribution is -0.137. The third kappa shape index (κ3) is 4.02. The van der Waals surface area contributed by atoms with Gasteiger partial charge >= 0.3 is 6.18 Å². The summed E-state index contributed by atoms with van der Waals surface area (Å²) in [7, 11) is 0. The lowest BCUT2D eigenvalue weighted by Crippen LogP contribution is -2.25. The van der Waals surface area contributed by atoms with Crippen molar-refractivity contribution >= 4 is 24.0 Å². The maximum Gasteiger partial charge on any atom is 0.417 e. The molecule has 0 amide bonds. The van der Waals surface area contributed by atoms with Crippen LogP contribution in [0, 0.1) is 0 Å². The lowest BCUT2D eigenvalue weighted by Gasteiger charge is -2.19. The minimum atomic E-state index is -4.52. The summed E-state index contributed by atoms with van der Waals surface area (Å²) in [5, 5.41) is 9.13. The van der Waals surface area contributed by atoms with Gasteiger partial charge in [-0.15, -0.1) is 12.4 Å². The van der Waals surface area contributed by atoms with E-state index in [1.54, 1.807) is 6.92 Å². The summed E-state index contributed by atoms with van der Waals surface area (Å²) in [6.07, 6.45) is -5.04. The van der Waals surface area contributed by atoms with Crippen LogP contribution in [0.1, 0.15) is 30.5 Å². The summed E-state index contributed by atoms with van der Waals surface area (Å²) in [5.74, 6) is 0. The fourth-order valence-electron chi connectivity index (χ4n) is 1.44. The van der Waals surface area contributed by atoms with Crippen LogP contribution in [-0.2, 0) is 6.18 Å². The van der Waals surface area contributed by atoms with Gasteiger partial charge < -0.3 is 10.8 Å². The van der Waals surface area contributed by atoms with Crippen LogP contribution in [0.3, 0.4) is 0 Å². The number of aliphatic hydroxyl groups is 1. The molecule has 18 heavy (non-hydrogen) atoms. The summed E-state index contributed by atoms with van der Waals surface area (Å²) in [6, 6.07) is 2.56. The molecular weight excluding hydrogens is 290 g/mol. The predicted octanol–water partition coefficient (Wildman–Crippen LogP) is 3.55. The summed E-state index contributed by atoms with van der Waals surface area (Å²) in [4.78, 5) is 0. The van der Waals surface area contributed by atoms with Crippen molar-refractivity contribution in [1.29, 1.82) is 0 Å². The minimum Gasteiger partial charge on any atom is -0.391 e. The first-order valence-corrected chi connectivity index (χ1v) is 5.45. The highest BCUT2D eigenvalue weighted by Crippen LogP contribution is 2.36. The molecule has 0 radical (unpaired) electrons. The molecule has 0 aliphatic rings. The molecule has 1 aromatic rings. The van der Waals surface area contributed by atoms with Crippen molar-refractivity contribution in [1.82, 2.24) is 0 Å². The topological polar surface area (TPSA) is 46.2 Å². The number of hydrogen-bond acceptors (Lipinski definition) is 2. The SMILES string of the molecule is CC[C@@H](O)[C@@H](N)c1ccc(Cl)c(C(F)(F)F)c1.Cl. The average molecular weight is 304 g/mol. The van der Waals surface area contributed by atoms with E-state index in [9.17, 15) is 18.3 Å². The van der Waals surface area contributed by atoms with Gasteiger partial charge in [0.25, 0.3) is 0 Å². The average Bonchev–Trinajstić information content (AvgIpc) is 2.26. The van der Waals surface area contributed by atoms with Crippen LogP contribution >= 0.6 is 24.0 Å². The number of hydrogen-bond donors (Lipinski definition) is 2. The molecule has 1 aromatic carbocycles. The van der Waals surface area contributed by atoms with Gasteiger partial charge in [-0.1, -0.05) is 24.6 Å². The highest BCUT2D eigenvalue weighted by molar-refractivity contribution is 6.31. The second kappa shape index (κ2) is 6.61. The Labute approximate surface area is 114 Å². The van der Waals surface area contributed by atoms with E-state index < -0.39 is 23.9 Å². The van der Waals surface area contributed by atoms with Gasteiger partial charge in [-0.05, 0) is 24.1 Å². The first-order chi connectivity index (χ1) is 7.77. The zero-order valence-corrected chi connectivity index (χ0v) is 11.1. The Bertz CT molecular complexity index is 398. The van der Waals surface area contributed by atoms with E-state index in [0.29, 0.717) is 6.42 Å². The molecule has 0 saturated heterocycles. The van der Waals surface area contributed by atoms with E-state index in [1.807, 2.05) is 0 Å². The Morgan fingerprint density at radius 3 is 2.39 bits per heavy atom. The maximum atomic E-state index is 12.6. The molecule has 2 nitrogen and oxygen atoms in total.